The number of amides is 3. The molecule has 2 unspecified atom stereocenters. The number of nitrogens with zero attached hydrogens (tertiary/aromatic N) is 1. The Labute approximate surface area is 241 Å². The van der Waals surface area contributed by atoms with E-state index >= 15 is 0 Å². The van der Waals surface area contributed by atoms with Crippen LogP contribution in [0.3, 0.4) is 0 Å². The summed E-state index contributed by atoms with van der Waals surface area (Å²) in [7, 11) is 0. The van der Waals surface area contributed by atoms with Gasteiger partial charge in [0.05, 0.1) is 0 Å². The predicted molar refractivity (Wildman–Crippen MR) is 161 cm³/mol. The van der Waals surface area contributed by atoms with Gasteiger partial charge in [0.15, 0.2) is 0 Å². The van der Waals surface area contributed by atoms with Crippen LogP contribution in [0.2, 0.25) is 0 Å². The van der Waals surface area contributed by atoms with Crippen molar-refractivity contribution in [3.63, 3.8) is 0 Å². The summed E-state index contributed by atoms with van der Waals surface area (Å²) in [4.78, 5) is 42.7. The van der Waals surface area contributed by atoms with Crippen molar-refractivity contribution in [1.29, 1.82) is 0 Å². The molecule has 0 spiro atoms. The van der Waals surface area contributed by atoms with Crippen molar-refractivity contribution >= 4 is 17.9 Å². The van der Waals surface area contributed by atoms with E-state index in [-0.39, 0.29) is 18.2 Å². The summed E-state index contributed by atoms with van der Waals surface area (Å²) in [5.74, 6) is -0.515. The monoisotopic (exact) mass is 551 g/mol. The predicted octanol–water partition coefficient (Wildman–Crippen LogP) is 6.36. The zero-order valence-corrected chi connectivity index (χ0v) is 25.3. The van der Waals surface area contributed by atoms with Crippen molar-refractivity contribution in [2.75, 3.05) is 13.1 Å². The summed E-state index contributed by atoms with van der Waals surface area (Å²) in [6, 6.07) is 15.8. The number of hydrogen-bond acceptors (Lipinski definition) is 4. The molecule has 40 heavy (non-hydrogen) atoms. The third kappa shape index (κ3) is 11.0. The maximum absolute atomic E-state index is 14.4. The number of alkyl carbamates (subject to hydrolysis) is 1. The molecule has 2 N–H and O–H groups in total. The van der Waals surface area contributed by atoms with Crippen LogP contribution in [-0.4, -0.2) is 47.5 Å². The van der Waals surface area contributed by atoms with Crippen LogP contribution in [0, 0.1) is 0 Å². The fourth-order valence-corrected chi connectivity index (χ4v) is 4.49. The van der Waals surface area contributed by atoms with Crippen LogP contribution < -0.4 is 10.6 Å². The Morgan fingerprint density at radius 1 is 0.850 bits per heavy atom. The van der Waals surface area contributed by atoms with Gasteiger partial charge in [0.2, 0.25) is 11.8 Å². The van der Waals surface area contributed by atoms with E-state index in [9.17, 15) is 14.4 Å². The zero-order chi connectivity index (χ0) is 29.5. The molecule has 0 saturated heterocycles. The topological polar surface area (TPSA) is 87.7 Å². The lowest BCUT2D eigenvalue weighted by Crippen LogP contribution is -2.54. The minimum absolute atomic E-state index is 0.210. The molecule has 2 aromatic carbocycles. The average Bonchev–Trinajstić information content (AvgIpc) is 2.92. The maximum Gasteiger partial charge on any atom is 0.408 e. The highest BCUT2D eigenvalue weighted by Crippen LogP contribution is 2.25. The van der Waals surface area contributed by atoms with Crippen LogP contribution in [0.5, 0.6) is 0 Å². The molecule has 0 aromatic heterocycles. The highest BCUT2D eigenvalue weighted by molar-refractivity contribution is 5.92. The lowest BCUT2D eigenvalue weighted by molar-refractivity contribution is -0.142. The molecule has 0 aliphatic heterocycles. The Kier molecular flexibility index (Phi) is 13.7. The Balaban J connectivity index is 2.52. The van der Waals surface area contributed by atoms with Gasteiger partial charge >= 0.3 is 6.09 Å². The molecule has 0 bridgehead atoms. The Hall–Kier alpha value is -3.35. The van der Waals surface area contributed by atoms with Crippen LogP contribution >= 0.6 is 0 Å². The summed E-state index contributed by atoms with van der Waals surface area (Å²) in [6.07, 6.45) is 4.95. The number of unbranched alkanes of at least 4 members (excludes halogenated alkanes) is 3. The van der Waals surface area contributed by atoms with Gasteiger partial charge in [0.25, 0.3) is 0 Å². The van der Waals surface area contributed by atoms with Crippen molar-refractivity contribution < 1.29 is 19.1 Å². The van der Waals surface area contributed by atoms with E-state index in [0.29, 0.717) is 13.1 Å². The largest absolute Gasteiger partial charge is 0.444 e. The van der Waals surface area contributed by atoms with Crippen LogP contribution in [-0.2, 0) is 27.2 Å². The molecule has 0 fully saturated rings. The van der Waals surface area contributed by atoms with Crippen molar-refractivity contribution in [3.8, 4) is 0 Å². The SMILES string of the molecule is CCCCCN(C(=O)C(Cc1ccccc1)NC(=O)OC(C)(C)C)C(C(=O)NCCCC)c1ccc(CC)cc1. The van der Waals surface area contributed by atoms with Gasteiger partial charge in [-0.3, -0.25) is 9.59 Å². The van der Waals surface area contributed by atoms with E-state index in [4.69, 9.17) is 4.74 Å². The number of nitrogens with one attached hydrogen (secondary N) is 2. The Bertz CT molecular complexity index is 1050. The number of rotatable bonds is 15. The van der Waals surface area contributed by atoms with Crippen LogP contribution in [0.15, 0.2) is 54.6 Å². The van der Waals surface area contributed by atoms with E-state index in [1.165, 1.54) is 0 Å². The maximum atomic E-state index is 14.4. The molecule has 7 heteroatoms. The number of carbonyl (C=O) groups excluding carboxylic acids is 3. The Morgan fingerprint density at radius 2 is 1.50 bits per heavy atom. The van der Waals surface area contributed by atoms with Crippen molar-refractivity contribution in [3.05, 3.63) is 71.3 Å². The summed E-state index contributed by atoms with van der Waals surface area (Å²) in [5.41, 5.74) is 2.10. The van der Waals surface area contributed by atoms with Crippen LogP contribution in [0.4, 0.5) is 4.79 Å². The van der Waals surface area contributed by atoms with Gasteiger partial charge in [-0.25, -0.2) is 4.79 Å². The molecular weight excluding hydrogens is 502 g/mol. The summed E-state index contributed by atoms with van der Waals surface area (Å²) >= 11 is 0. The second kappa shape index (κ2) is 16.7. The van der Waals surface area contributed by atoms with Gasteiger partial charge in [-0.15, -0.1) is 0 Å². The summed E-state index contributed by atoms with van der Waals surface area (Å²) in [5, 5.41) is 5.88. The molecular formula is C33H49N3O4. The van der Waals surface area contributed by atoms with Crippen molar-refractivity contribution in [2.24, 2.45) is 0 Å². The number of benzene rings is 2. The molecule has 2 rings (SSSR count). The second-order valence-corrected chi connectivity index (χ2v) is 11.3. The molecule has 0 radical (unpaired) electrons. The lowest BCUT2D eigenvalue weighted by Gasteiger charge is -2.35. The van der Waals surface area contributed by atoms with E-state index in [1.807, 2.05) is 54.6 Å². The van der Waals surface area contributed by atoms with Crippen LogP contribution in [0.1, 0.15) is 96.4 Å². The van der Waals surface area contributed by atoms with E-state index < -0.39 is 23.8 Å². The number of ether oxygens (including phenoxy) is 1. The van der Waals surface area contributed by atoms with Gasteiger partial charge in [0.1, 0.15) is 17.7 Å². The third-order valence-corrected chi connectivity index (χ3v) is 6.65. The van der Waals surface area contributed by atoms with Crippen molar-refractivity contribution in [1.82, 2.24) is 15.5 Å². The molecule has 2 atom stereocenters. The highest BCUT2D eigenvalue weighted by atomic mass is 16.6. The first kappa shape index (κ1) is 32.9. The van der Waals surface area contributed by atoms with Gasteiger partial charge in [-0.1, -0.05) is 94.6 Å². The quantitative estimate of drug-likeness (QED) is 0.252. The third-order valence-electron chi connectivity index (χ3n) is 6.65. The molecule has 0 heterocycles. The smallest absolute Gasteiger partial charge is 0.408 e. The number of aryl methyl sites for hydroxylation is 1. The fourth-order valence-electron chi connectivity index (χ4n) is 4.49. The van der Waals surface area contributed by atoms with Crippen molar-refractivity contribution in [2.45, 2.75) is 104 Å². The summed E-state index contributed by atoms with van der Waals surface area (Å²) < 4.78 is 5.52. The van der Waals surface area contributed by atoms with E-state index in [1.54, 1.807) is 25.7 Å². The summed E-state index contributed by atoms with van der Waals surface area (Å²) in [6.45, 7) is 12.6. The molecule has 220 valence electrons. The first-order valence-electron chi connectivity index (χ1n) is 14.8. The molecule has 0 saturated carbocycles. The van der Waals surface area contributed by atoms with Gasteiger partial charge in [0, 0.05) is 19.5 Å². The fraction of sp³-hybridized carbons (Fsp3) is 0.545. The van der Waals surface area contributed by atoms with E-state index in [0.717, 1.165) is 55.2 Å². The normalized spacial score (nSPS) is 12.8. The number of hydrogen-bond donors (Lipinski definition) is 2. The first-order valence-corrected chi connectivity index (χ1v) is 14.8. The standard InChI is InChI=1S/C33H49N3O4/c1-7-10-15-23-36(29(30(37)34-22-11-8-2)27-20-18-25(9-3)19-21-27)31(38)28(24-26-16-13-12-14-17-26)35-32(39)40-33(4,5)6/h12-14,16-21,28-29H,7-11,15,22-24H2,1-6H3,(H,34,37)(H,35,39). The first-order chi connectivity index (χ1) is 19.1. The average molecular weight is 552 g/mol. The minimum atomic E-state index is -0.903. The second-order valence-electron chi connectivity index (χ2n) is 11.3. The molecule has 2 aromatic rings. The zero-order valence-electron chi connectivity index (χ0n) is 25.3. The van der Waals surface area contributed by atoms with E-state index in [2.05, 4.69) is 31.4 Å². The highest BCUT2D eigenvalue weighted by Gasteiger charge is 2.36. The minimum Gasteiger partial charge on any atom is -0.444 e. The van der Waals surface area contributed by atoms with Gasteiger partial charge in [-0.2, -0.15) is 0 Å². The molecule has 0 aliphatic rings. The van der Waals surface area contributed by atoms with Gasteiger partial charge < -0.3 is 20.3 Å². The Morgan fingerprint density at radius 3 is 2.08 bits per heavy atom. The molecule has 7 nitrogen and oxygen atoms in total. The lowest BCUT2D eigenvalue weighted by atomic mass is 9.98. The van der Waals surface area contributed by atoms with Crippen LogP contribution in [0.25, 0.3) is 0 Å². The van der Waals surface area contributed by atoms with Gasteiger partial charge in [-0.05, 0) is 56.7 Å². The number of carbonyl (C=O) groups is 3. The molecule has 0 aliphatic carbocycles. The molecule has 3 amide bonds.